The summed E-state index contributed by atoms with van der Waals surface area (Å²) in [6.07, 6.45) is 3.36. The lowest BCUT2D eigenvalue weighted by Crippen LogP contribution is -2.48. The molecule has 0 aliphatic carbocycles. The third-order valence-electron chi connectivity index (χ3n) is 4.70. The zero-order valence-corrected chi connectivity index (χ0v) is 15.8. The molecule has 1 saturated heterocycles. The maximum absolute atomic E-state index is 12.5. The van der Waals surface area contributed by atoms with Gasteiger partial charge in [-0.3, -0.25) is 14.9 Å². The first-order valence-corrected chi connectivity index (χ1v) is 9.74. The molecular formula is C20H18N4O3S. The van der Waals surface area contributed by atoms with Gasteiger partial charge in [0.2, 0.25) is 5.91 Å². The predicted octanol–water partition coefficient (Wildman–Crippen LogP) is 3.57. The minimum absolute atomic E-state index is 0.0254. The lowest BCUT2D eigenvalue weighted by molar-refractivity contribution is -0.384. The standard InChI is InChI=1S/C20H18N4O3S/c25-20(10-9-19-21-17-3-1-2-4-18(17)28-19)23-13-11-22(12-14-23)15-5-7-16(8-6-15)24(26)27/h1-10H,11-14H2/b10-9+. The predicted molar refractivity (Wildman–Crippen MR) is 111 cm³/mol. The van der Waals surface area contributed by atoms with Crippen molar-refractivity contribution in [3.05, 3.63) is 69.7 Å². The van der Waals surface area contributed by atoms with Crippen LogP contribution in [0, 0.1) is 10.1 Å². The van der Waals surface area contributed by atoms with Gasteiger partial charge in [-0.1, -0.05) is 12.1 Å². The molecule has 1 aliphatic rings. The van der Waals surface area contributed by atoms with E-state index < -0.39 is 4.92 Å². The number of rotatable bonds is 4. The molecule has 0 N–H and O–H groups in total. The summed E-state index contributed by atoms with van der Waals surface area (Å²) in [6, 6.07) is 14.4. The average Bonchev–Trinajstić information content (AvgIpc) is 3.15. The molecule has 4 rings (SSSR count). The van der Waals surface area contributed by atoms with Crippen LogP contribution in [0.1, 0.15) is 5.01 Å². The van der Waals surface area contributed by atoms with E-state index in [0.717, 1.165) is 20.9 Å². The molecule has 3 aromatic rings. The molecule has 28 heavy (non-hydrogen) atoms. The Morgan fingerprint density at radius 2 is 1.79 bits per heavy atom. The summed E-state index contributed by atoms with van der Waals surface area (Å²) in [6.45, 7) is 2.61. The van der Waals surface area contributed by atoms with Gasteiger partial charge in [0.1, 0.15) is 5.01 Å². The van der Waals surface area contributed by atoms with Gasteiger partial charge in [-0.25, -0.2) is 4.98 Å². The van der Waals surface area contributed by atoms with Gasteiger partial charge in [0.05, 0.1) is 15.1 Å². The van der Waals surface area contributed by atoms with Crippen LogP contribution in [0.3, 0.4) is 0 Å². The van der Waals surface area contributed by atoms with Gasteiger partial charge in [0, 0.05) is 50.1 Å². The molecule has 0 atom stereocenters. The molecule has 0 unspecified atom stereocenters. The highest BCUT2D eigenvalue weighted by atomic mass is 32.1. The lowest BCUT2D eigenvalue weighted by atomic mass is 10.2. The average molecular weight is 394 g/mol. The zero-order chi connectivity index (χ0) is 19.5. The van der Waals surface area contributed by atoms with Gasteiger partial charge in [-0.2, -0.15) is 0 Å². The first-order chi connectivity index (χ1) is 13.6. The van der Waals surface area contributed by atoms with Crippen molar-refractivity contribution in [1.29, 1.82) is 0 Å². The van der Waals surface area contributed by atoms with Crippen molar-refractivity contribution >= 4 is 44.9 Å². The Hall–Kier alpha value is -3.26. The van der Waals surface area contributed by atoms with Crippen LogP contribution in [0.15, 0.2) is 54.6 Å². The van der Waals surface area contributed by atoms with Crippen molar-refractivity contribution in [2.45, 2.75) is 0 Å². The van der Waals surface area contributed by atoms with Crippen LogP contribution < -0.4 is 4.90 Å². The number of anilines is 1. The van der Waals surface area contributed by atoms with E-state index in [2.05, 4.69) is 9.88 Å². The number of fused-ring (bicyclic) bond motifs is 1. The quantitative estimate of drug-likeness (QED) is 0.384. The Bertz CT molecular complexity index is 1000. The van der Waals surface area contributed by atoms with E-state index in [1.807, 2.05) is 29.2 Å². The lowest BCUT2D eigenvalue weighted by Gasteiger charge is -2.35. The second kappa shape index (κ2) is 7.77. The summed E-state index contributed by atoms with van der Waals surface area (Å²) in [7, 11) is 0. The monoisotopic (exact) mass is 394 g/mol. The molecule has 1 aromatic heterocycles. The Morgan fingerprint density at radius 1 is 1.07 bits per heavy atom. The minimum Gasteiger partial charge on any atom is -0.368 e. The summed E-state index contributed by atoms with van der Waals surface area (Å²) in [4.78, 5) is 31.3. The van der Waals surface area contributed by atoms with Gasteiger partial charge in [-0.05, 0) is 30.3 Å². The Balaban J connectivity index is 1.35. The normalized spacial score (nSPS) is 14.7. The van der Waals surface area contributed by atoms with E-state index in [-0.39, 0.29) is 11.6 Å². The number of carbonyl (C=O) groups excluding carboxylic acids is 1. The van der Waals surface area contributed by atoms with Crippen molar-refractivity contribution < 1.29 is 9.72 Å². The molecule has 0 bridgehead atoms. The molecular weight excluding hydrogens is 376 g/mol. The third kappa shape index (κ3) is 3.86. The SMILES string of the molecule is O=C(/C=C/c1nc2ccccc2s1)N1CCN(c2ccc([N+](=O)[O-])cc2)CC1. The number of non-ortho nitro benzene ring substituents is 1. The zero-order valence-electron chi connectivity index (χ0n) is 15.0. The second-order valence-electron chi connectivity index (χ2n) is 6.44. The molecule has 1 aliphatic heterocycles. The molecule has 2 heterocycles. The molecule has 0 radical (unpaired) electrons. The van der Waals surface area contributed by atoms with Gasteiger partial charge in [0.25, 0.3) is 5.69 Å². The van der Waals surface area contributed by atoms with Crippen LogP contribution in [0.2, 0.25) is 0 Å². The van der Waals surface area contributed by atoms with Crippen molar-refractivity contribution in [3.63, 3.8) is 0 Å². The number of aromatic nitrogens is 1. The van der Waals surface area contributed by atoms with Crippen LogP contribution in [0.25, 0.3) is 16.3 Å². The number of nitrogens with zero attached hydrogens (tertiary/aromatic N) is 4. The van der Waals surface area contributed by atoms with Crippen LogP contribution >= 0.6 is 11.3 Å². The number of amides is 1. The number of nitro benzene ring substituents is 1. The summed E-state index contributed by atoms with van der Waals surface area (Å²) < 4.78 is 1.10. The number of benzene rings is 2. The molecule has 1 fully saturated rings. The van der Waals surface area contributed by atoms with Crippen LogP contribution in [-0.2, 0) is 4.79 Å². The number of piperazine rings is 1. The molecule has 0 saturated carbocycles. The highest BCUT2D eigenvalue weighted by Crippen LogP contribution is 2.23. The Morgan fingerprint density at radius 3 is 2.46 bits per heavy atom. The molecule has 8 heteroatoms. The Labute approximate surface area is 165 Å². The van der Waals surface area contributed by atoms with E-state index in [1.165, 1.54) is 12.1 Å². The van der Waals surface area contributed by atoms with Crippen molar-refractivity contribution in [1.82, 2.24) is 9.88 Å². The number of para-hydroxylation sites is 1. The maximum Gasteiger partial charge on any atom is 0.269 e. The summed E-state index contributed by atoms with van der Waals surface area (Å²) in [5, 5.41) is 11.6. The number of hydrogen-bond donors (Lipinski definition) is 0. The summed E-state index contributed by atoms with van der Waals surface area (Å²) in [5.41, 5.74) is 1.96. The second-order valence-corrected chi connectivity index (χ2v) is 7.50. The van der Waals surface area contributed by atoms with Crippen molar-refractivity contribution in [3.8, 4) is 0 Å². The van der Waals surface area contributed by atoms with Gasteiger partial charge >= 0.3 is 0 Å². The number of nitro groups is 1. The van der Waals surface area contributed by atoms with Gasteiger partial charge < -0.3 is 9.80 Å². The van der Waals surface area contributed by atoms with E-state index in [0.29, 0.717) is 26.2 Å². The molecule has 142 valence electrons. The fourth-order valence-corrected chi connectivity index (χ4v) is 4.05. The molecule has 0 spiro atoms. The molecule has 7 nitrogen and oxygen atoms in total. The maximum atomic E-state index is 12.5. The highest BCUT2D eigenvalue weighted by molar-refractivity contribution is 7.19. The van der Waals surface area contributed by atoms with E-state index in [9.17, 15) is 14.9 Å². The van der Waals surface area contributed by atoms with E-state index >= 15 is 0 Å². The third-order valence-corrected chi connectivity index (χ3v) is 5.70. The number of thiazole rings is 1. The highest BCUT2D eigenvalue weighted by Gasteiger charge is 2.20. The topological polar surface area (TPSA) is 79.6 Å². The Kier molecular flexibility index (Phi) is 5.03. The fraction of sp³-hybridized carbons (Fsp3) is 0.200. The van der Waals surface area contributed by atoms with Crippen LogP contribution in [0.4, 0.5) is 11.4 Å². The van der Waals surface area contributed by atoms with Gasteiger partial charge in [0.15, 0.2) is 0 Å². The molecule has 1 amide bonds. The fourth-order valence-electron chi connectivity index (χ4n) is 3.18. The number of hydrogen-bond acceptors (Lipinski definition) is 6. The largest absolute Gasteiger partial charge is 0.368 e. The van der Waals surface area contributed by atoms with Crippen molar-refractivity contribution in [2.75, 3.05) is 31.1 Å². The minimum atomic E-state index is -0.405. The first kappa shape index (κ1) is 18.1. The van der Waals surface area contributed by atoms with Crippen LogP contribution in [-0.4, -0.2) is 46.9 Å². The number of carbonyl (C=O) groups is 1. The smallest absolute Gasteiger partial charge is 0.269 e. The molecule has 2 aromatic carbocycles. The first-order valence-electron chi connectivity index (χ1n) is 8.92. The van der Waals surface area contributed by atoms with Crippen molar-refractivity contribution in [2.24, 2.45) is 0 Å². The summed E-state index contributed by atoms with van der Waals surface area (Å²) >= 11 is 1.56. The summed E-state index contributed by atoms with van der Waals surface area (Å²) in [5.74, 6) is -0.0254. The van der Waals surface area contributed by atoms with E-state index in [4.69, 9.17) is 0 Å². The van der Waals surface area contributed by atoms with E-state index in [1.54, 1.807) is 35.6 Å². The van der Waals surface area contributed by atoms with Gasteiger partial charge in [-0.15, -0.1) is 11.3 Å². The van der Waals surface area contributed by atoms with Crippen LogP contribution in [0.5, 0.6) is 0 Å².